The van der Waals surface area contributed by atoms with Crippen molar-refractivity contribution in [2.24, 2.45) is 0 Å². The van der Waals surface area contributed by atoms with Crippen molar-refractivity contribution in [3.63, 3.8) is 0 Å². The molecule has 0 amide bonds. The summed E-state index contributed by atoms with van der Waals surface area (Å²) in [7, 11) is 0. The van der Waals surface area contributed by atoms with E-state index in [4.69, 9.17) is 5.11 Å². The predicted octanol–water partition coefficient (Wildman–Crippen LogP) is 3.46. The van der Waals surface area contributed by atoms with Gasteiger partial charge in [-0.1, -0.05) is 18.2 Å². The van der Waals surface area contributed by atoms with Crippen molar-refractivity contribution in [2.45, 2.75) is 6.61 Å². The number of aliphatic hydroxyl groups is 1. The van der Waals surface area contributed by atoms with Gasteiger partial charge in [0.2, 0.25) is 0 Å². The molecule has 1 N–H and O–H groups in total. The van der Waals surface area contributed by atoms with Crippen LogP contribution in [0.25, 0.3) is 20.5 Å². The van der Waals surface area contributed by atoms with E-state index in [1.807, 2.05) is 24.3 Å². The predicted molar refractivity (Wildman–Crippen MR) is 71.0 cm³/mol. The summed E-state index contributed by atoms with van der Waals surface area (Å²) >= 11 is 1.76. The third-order valence-corrected chi connectivity index (χ3v) is 3.85. The lowest BCUT2D eigenvalue weighted by Crippen LogP contribution is -1.87. The summed E-state index contributed by atoms with van der Waals surface area (Å²) < 4.78 is 1.28. The zero-order chi connectivity index (χ0) is 11.7. The summed E-state index contributed by atoms with van der Waals surface area (Å²) in [4.78, 5) is 5.30. The first-order chi connectivity index (χ1) is 8.36. The van der Waals surface area contributed by atoms with Crippen LogP contribution < -0.4 is 0 Å². The Kier molecular flexibility index (Phi) is 2.63. The molecule has 3 aromatic rings. The minimum absolute atomic E-state index is 0.0151. The molecule has 3 heteroatoms. The Morgan fingerprint density at radius 1 is 1.12 bits per heavy atom. The van der Waals surface area contributed by atoms with Gasteiger partial charge in [-0.15, -0.1) is 11.3 Å². The largest absolute Gasteiger partial charge is 0.390 e. The number of hydrogen-bond donors (Lipinski definition) is 1. The lowest BCUT2D eigenvalue weighted by molar-refractivity contribution is 0.277. The van der Waals surface area contributed by atoms with Crippen molar-refractivity contribution in [3.8, 4) is 10.4 Å². The lowest BCUT2D eigenvalue weighted by Gasteiger charge is -1.99. The van der Waals surface area contributed by atoms with Crippen LogP contribution in [0, 0.1) is 0 Å². The molecule has 84 valence electrons. The summed E-state index contributed by atoms with van der Waals surface area (Å²) in [5, 5.41) is 10.3. The minimum atomic E-state index is -0.0151. The molecule has 0 saturated heterocycles. The summed E-state index contributed by atoms with van der Waals surface area (Å²) in [6.45, 7) is -0.0151. The van der Waals surface area contributed by atoms with Crippen LogP contribution in [0.15, 0.2) is 48.7 Å². The molecule has 0 radical (unpaired) electrons. The van der Waals surface area contributed by atoms with E-state index in [0.29, 0.717) is 5.69 Å². The van der Waals surface area contributed by atoms with Gasteiger partial charge in [-0.05, 0) is 35.2 Å². The molecule has 0 spiro atoms. The molecule has 3 rings (SSSR count). The van der Waals surface area contributed by atoms with E-state index in [2.05, 4.69) is 23.2 Å². The molecule has 0 aliphatic rings. The minimum Gasteiger partial charge on any atom is -0.390 e. The highest BCUT2D eigenvalue weighted by Gasteiger charge is 2.04. The van der Waals surface area contributed by atoms with Crippen LogP contribution in [0.5, 0.6) is 0 Å². The van der Waals surface area contributed by atoms with Gasteiger partial charge in [0.05, 0.1) is 12.3 Å². The number of pyridine rings is 1. The van der Waals surface area contributed by atoms with Gasteiger partial charge in [0, 0.05) is 15.8 Å². The smallest absolute Gasteiger partial charge is 0.0853 e. The van der Waals surface area contributed by atoms with Gasteiger partial charge in [-0.25, -0.2) is 0 Å². The number of benzene rings is 1. The van der Waals surface area contributed by atoms with Crippen molar-refractivity contribution in [1.82, 2.24) is 4.98 Å². The average Bonchev–Trinajstić information content (AvgIpc) is 2.82. The maximum atomic E-state index is 9.09. The van der Waals surface area contributed by atoms with E-state index in [-0.39, 0.29) is 6.61 Å². The van der Waals surface area contributed by atoms with Crippen molar-refractivity contribution in [3.05, 3.63) is 54.4 Å². The molecule has 2 aromatic heterocycles. The van der Waals surface area contributed by atoms with E-state index in [1.165, 1.54) is 15.0 Å². The Hall–Kier alpha value is -1.71. The maximum absolute atomic E-state index is 9.09. The second kappa shape index (κ2) is 4.28. The van der Waals surface area contributed by atoms with Gasteiger partial charge < -0.3 is 5.11 Å². The average molecular weight is 241 g/mol. The first kappa shape index (κ1) is 10.4. The number of thiophene rings is 1. The second-order valence-corrected chi connectivity index (χ2v) is 4.93. The summed E-state index contributed by atoms with van der Waals surface area (Å²) in [6.07, 6.45) is 1.74. The fourth-order valence-corrected chi connectivity index (χ4v) is 2.90. The number of rotatable bonds is 2. The second-order valence-electron chi connectivity index (χ2n) is 3.84. The number of hydrogen-bond acceptors (Lipinski definition) is 3. The first-order valence-corrected chi connectivity index (χ1v) is 6.23. The molecule has 2 nitrogen and oxygen atoms in total. The fourth-order valence-electron chi connectivity index (χ4n) is 1.84. The SMILES string of the molecule is OCc1cc(-c2cc3ccccc3s2)ccn1. The molecule has 0 unspecified atom stereocenters. The monoisotopic (exact) mass is 241 g/mol. The Labute approximate surface area is 103 Å². The van der Waals surface area contributed by atoms with E-state index in [9.17, 15) is 0 Å². The summed E-state index contributed by atoms with van der Waals surface area (Å²) in [5.74, 6) is 0. The van der Waals surface area contributed by atoms with Crippen LogP contribution in [0.2, 0.25) is 0 Å². The van der Waals surface area contributed by atoms with Crippen LogP contribution in [-0.2, 0) is 6.61 Å². The van der Waals surface area contributed by atoms with Crippen molar-refractivity contribution < 1.29 is 5.11 Å². The highest BCUT2D eigenvalue weighted by molar-refractivity contribution is 7.22. The third-order valence-electron chi connectivity index (χ3n) is 2.69. The lowest BCUT2D eigenvalue weighted by atomic mass is 10.2. The highest BCUT2D eigenvalue weighted by Crippen LogP contribution is 2.33. The Bertz CT molecular complexity index is 627. The molecule has 0 atom stereocenters. The zero-order valence-electron chi connectivity index (χ0n) is 9.13. The van der Waals surface area contributed by atoms with Gasteiger partial charge in [0.1, 0.15) is 0 Å². The fraction of sp³-hybridized carbons (Fsp3) is 0.0714. The van der Waals surface area contributed by atoms with Gasteiger partial charge in [0.25, 0.3) is 0 Å². The molecular weight excluding hydrogens is 230 g/mol. The van der Waals surface area contributed by atoms with Crippen LogP contribution in [0.3, 0.4) is 0 Å². The molecule has 0 aliphatic heterocycles. The van der Waals surface area contributed by atoms with Gasteiger partial charge in [0.15, 0.2) is 0 Å². The van der Waals surface area contributed by atoms with E-state index in [0.717, 1.165) is 5.56 Å². The Balaban J connectivity index is 2.13. The van der Waals surface area contributed by atoms with Crippen molar-refractivity contribution in [2.75, 3.05) is 0 Å². The molecule has 0 saturated carbocycles. The Morgan fingerprint density at radius 2 is 2.00 bits per heavy atom. The maximum Gasteiger partial charge on any atom is 0.0853 e. The summed E-state index contributed by atoms with van der Waals surface area (Å²) in [6, 6.07) is 14.4. The normalized spacial score (nSPS) is 10.9. The van der Waals surface area contributed by atoms with E-state index < -0.39 is 0 Å². The van der Waals surface area contributed by atoms with Crippen LogP contribution in [-0.4, -0.2) is 10.1 Å². The molecular formula is C14H11NOS. The first-order valence-electron chi connectivity index (χ1n) is 5.41. The number of fused-ring (bicyclic) bond motifs is 1. The van der Waals surface area contributed by atoms with Gasteiger partial charge >= 0.3 is 0 Å². The van der Waals surface area contributed by atoms with Crippen LogP contribution in [0.4, 0.5) is 0 Å². The van der Waals surface area contributed by atoms with Crippen molar-refractivity contribution >= 4 is 21.4 Å². The number of nitrogens with zero attached hydrogens (tertiary/aromatic N) is 1. The molecule has 1 aromatic carbocycles. The Morgan fingerprint density at radius 3 is 2.82 bits per heavy atom. The quantitative estimate of drug-likeness (QED) is 0.745. The zero-order valence-corrected chi connectivity index (χ0v) is 9.95. The molecule has 17 heavy (non-hydrogen) atoms. The number of aromatic nitrogens is 1. The van der Waals surface area contributed by atoms with Crippen molar-refractivity contribution in [1.29, 1.82) is 0 Å². The molecule has 0 aliphatic carbocycles. The van der Waals surface area contributed by atoms with Gasteiger partial charge in [-0.2, -0.15) is 0 Å². The number of aliphatic hydroxyl groups excluding tert-OH is 1. The van der Waals surface area contributed by atoms with E-state index >= 15 is 0 Å². The topological polar surface area (TPSA) is 33.1 Å². The molecule has 0 bridgehead atoms. The summed E-state index contributed by atoms with van der Waals surface area (Å²) in [5.41, 5.74) is 1.82. The molecule has 2 heterocycles. The highest BCUT2D eigenvalue weighted by atomic mass is 32.1. The molecule has 0 fully saturated rings. The van der Waals surface area contributed by atoms with Crippen LogP contribution in [0.1, 0.15) is 5.69 Å². The van der Waals surface area contributed by atoms with Gasteiger partial charge in [-0.3, -0.25) is 4.98 Å². The standard InChI is InChI=1S/C14H11NOS/c16-9-12-7-11(5-6-15-12)14-8-10-3-1-2-4-13(10)17-14/h1-8,16H,9H2. The van der Waals surface area contributed by atoms with E-state index in [1.54, 1.807) is 17.5 Å². The third kappa shape index (κ3) is 1.95. The van der Waals surface area contributed by atoms with Crippen LogP contribution >= 0.6 is 11.3 Å².